The van der Waals surface area contributed by atoms with Gasteiger partial charge >= 0.3 is 5.97 Å². The van der Waals surface area contributed by atoms with E-state index in [9.17, 15) is 4.79 Å². The summed E-state index contributed by atoms with van der Waals surface area (Å²) >= 11 is 0. The third-order valence-electron chi connectivity index (χ3n) is 3.27. The van der Waals surface area contributed by atoms with Crippen molar-refractivity contribution in [1.29, 1.82) is 10.5 Å². The monoisotopic (exact) mass is 314 g/mol. The molecule has 0 N–H and O–H groups in total. The highest BCUT2D eigenvalue weighted by Crippen LogP contribution is 2.21. The summed E-state index contributed by atoms with van der Waals surface area (Å²) < 4.78 is 10.7. The van der Waals surface area contributed by atoms with Crippen molar-refractivity contribution in [2.75, 3.05) is 0 Å². The summed E-state index contributed by atoms with van der Waals surface area (Å²) in [5, 5.41) is 18.3. The number of furan rings is 1. The molecular formula is C19H10N2O3. The zero-order valence-corrected chi connectivity index (χ0v) is 12.4. The molecule has 2 aromatic carbocycles. The minimum Gasteiger partial charge on any atom is -0.449 e. The van der Waals surface area contributed by atoms with Gasteiger partial charge < -0.3 is 9.15 Å². The Balaban J connectivity index is 1.76. The van der Waals surface area contributed by atoms with Crippen LogP contribution in [0.3, 0.4) is 0 Å². The van der Waals surface area contributed by atoms with Crippen LogP contribution in [0.2, 0.25) is 0 Å². The molecule has 0 amide bonds. The predicted molar refractivity (Wildman–Crippen MR) is 86.8 cm³/mol. The van der Waals surface area contributed by atoms with E-state index < -0.39 is 5.97 Å². The van der Waals surface area contributed by atoms with Gasteiger partial charge in [0.1, 0.15) is 29.0 Å². The van der Waals surface area contributed by atoms with E-state index in [1.54, 1.807) is 48.5 Å². The molecular weight excluding hydrogens is 304 g/mol. The third kappa shape index (κ3) is 3.16. The molecule has 0 unspecified atom stereocenters. The Bertz CT molecular complexity index is 966. The van der Waals surface area contributed by atoms with Crippen LogP contribution in [0.15, 0.2) is 64.6 Å². The van der Waals surface area contributed by atoms with Gasteiger partial charge in [0.25, 0.3) is 0 Å². The van der Waals surface area contributed by atoms with Crippen LogP contribution in [-0.4, -0.2) is 5.97 Å². The van der Waals surface area contributed by atoms with Crippen LogP contribution < -0.4 is 4.74 Å². The lowest BCUT2D eigenvalue weighted by Gasteiger charge is -2.02. The molecule has 0 atom stereocenters. The highest BCUT2D eigenvalue weighted by atomic mass is 16.5. The number of ether oxygens (including phenoxy) is 1. The lowest BCUT2D eigenvalue weighted by atomic mass is 10.1. The highest BCUT2D eigenvalue weighted by molar-refractivity contribution is 5.93. The zero-order valence-electron chi connectivity index (χ0n) is 12.4. The van der Waals surface area contributed by atoms with Gasteiger partial charge in [-0.3, -0.25) is 0 Å². The van der Waals surface area contributed by atoms with E-state index in [0.717, 1.165) is 5.39 Å². The number of nitrogens with zero attached hydrogens (tertiary/aromatic N) is 2. The summed E-state index contributed by atoms with van der Waals surface area (Å²) in [5.41, 5.74) is 1.28. The molecule has 0 spiro atoms. The SMILES string of the molecule is N#CC(C#N)=Cc1ccc(OC(=O)c2cc3ccccc3o2)cc1. The van der Waals surface area contributed by atoms with Crippen molar-refractivity contribution in [2.45, 2.75) is 0 Å². The third-order valence-corrected chi connectivity index (χ3v) is 3.27. The number of hydrogen-bond acceptors (Lipinski definition) is 5. The number of carbonyl (C=O) groups excluding carboxylic acids is 1. The summed E-state index contributed by atoms with van der Waals surface area (Å²) in [5.74, 6) is -0.131. The molecule has 0 aliphatic carbocycles. The van der Waals surface area contributed by atoms with Gasteiger partial charge in [-0.2, -0.15) is 10.5 Å². The van der Waals surface area contributed by atoms with Gasteiger partial charge in [-0.1, -0.05) is 30.3 Å². The molecule has 0 fully saturated rings. The molecule has 0 aliphatic heterocycles. The van der Waals surface area contributed by atoms with Crippen molar-refractivity contribution in [3.05, 3.63) is 71.5 Å². The average Bonchev–Trinajstić information content (AvgIpc) is 3.05. The van der Waals surface area contributed by atoms with Crippen LogP contribution in [-0.2, 0) is 0 Å². The molecule has 24 heavy (non-hydrogen) atoms. The summed E-state index contributed by atoms with van der Waals surface area (Å²) in [7, 11) is 0. The van der Waals surface area contributed by atoms with Crippen molar-refractivity contribution in [1.82, 2.24) is 0 Å². The fourth-order valence-corrected chi connectivity index (χ4v) is 2.13. The fourth-order valence-electron chi connectivity index (χ4n) is 2.13. The first kappa shape index (κ1) is 15.1. The Morgan fingerprint density at radius 1 is 1.04 bits per heavy atom. The van der Waals surface area contributed by atoms with Gasteiger partial charge in [-0.25, -0.2) is 4.79 Å². The van der Waals surface area contributed by atoms with E-state index in [-0.39, 0.29) is 11.3 Å². The number of hydrogen-bond donors (Lipinski definition) is 0. The first-order chi connectivity index (χ1) is 11.7. The van der Waals surface area contributed by atoms with E-state index in [0.29, 0.717) is 16.9 Å². The van der Waals surface area contributed by atoms with Crippen molar-refractivity contribution >= 4 is 23.0 Å². The molecule has 0 saturated heterocycles. The Morgan fingerprint density at radius 3 is 2.42 bits per heavy atom. The average molecular weight is 314 g/mol. The first-order valence-corrected chi connectivity index (χ1v) is 7.02. The molecule has 1 aromatic heterocycles. The van der Waals surface area contributed by atoms with Gasteiger partial charge in [0.15, 0.2) is 0 Å². The topological polar surface area (TPSA) is 87.0 Å². The van der Waals surface area contributed by atoms with Crippen LogP contribution in [0.1, 0.15) is 16.1 Å². The smallest absolute Gasteiger partial charge is 0.379 e. The second-order valence-corrected chi connectivity index (χ2v) is 4.89. The van der Waals surface area contributed by atoms with Gasteiger partial charge in [-0.15, -0.1) is 0 Å². The Morgan fingerprint density at radius 2 is 1.75 bits per heavy atom. The maximum atomic E-state index is 12.1. The number of esters is 1. The van der Waals surface area contributed by atoms with E-state index in [2.05, 4.69) is 0 Å². The summed E-state index contributed by atoms with van der Waals surface area (Å²) in [6.45, 7) is 0. The minimum atomic E-state index is -0.593. The van der Waals surface area contributed by atoms with Gasteiger partial charge in [0, 0.05) is 5.39 Å². The Hall–Kier alpha value is -3.83. The molecule has 0 radical (unpaired) electrons. The molecule has 114 valence electrons. The number of rotatable bonds is 3. The molecule has 0 saturated carbocycles. The summed E-state index contributed by atoms with van der Waals surface area (Å²) in [4.78, 5) is 12.1. The Kier molecular flexibility index (Phi) is 4.09. The molecule has 0 bridgehead atoms. The highest BCUT2D eigenvalue weighted by Gasteiger charge is 2.14. The number of para-hydroxylation sites is 1. The van der Waals surface area contributed by atoms with E-state index in [1.165, 1.54) is 6.08 Å². The maximum Gasteiger partial charge on any atom is 0.379 e. The first-order valence-electron chi connectivity index (χ1n) is 7.02. The second kappa shape index (κ2) is 6.51. The van der Waals surface area contributed by atoms with E-state index in [1.807, 2.05) is 18.2 Å². The van der Waals surface area contributed by atoms with Crippen molar-refractivity contribution < 1.29 is 13.9 Å². The quantitative estimate of drug-likeness (QED) is 0.413. The Labute approximate surface area is 137 Å². The molecule has 0 aliphatic rings. The number of fused-ring (bicyclic) bond motifs is 1. The minimum absolute atomic E-state index is 0.00187. The summed E-state index contributed by atoms with van der Waals surface area (Å²) in [6.07, 6.45) is 1.45. The van der Waals surface area contributed by atoms with Gasteiger partial charge in [0.2, 0.25) is 5.76 Å². The molecule has 3 rings (SSSR count). The molecule has 3 aromatic rings. The second-order valence-electron chi connectivity index (χ2n) is 4.89. The lowest BCUT2D eigenvalue weighted by molar-refractivity contribution is 0.0704. The maximum absolute atomic E-state index is 12.1. The number of carbonyl (C=O) groups is 1. The standard InChI is InChI=1S/C19H10N2O3/c20-11-14(12-21)9-13-5-7-16(8-6-13)23-19(22)18-10-15-3-1-2-4-17(15)24-18/h1-10H. The van der Waals surface area contributed by atoms with Crippen LogP contribution in [0, 0.1) is 22.7 Å². The molecule has 5 heteroatoms. The normalized spacial score (nSPS) is 9.75. The van der Waals surface area contributed by atoms with Crippen molar-refractivity contribution in [3.8, 4) is 17.9 Å². The van der Waals surface area contributed by atoms with Crippen LogP contribution in [0.4, 0.5) is 0 Å². The fraction of sp³-hybridized carbons (Fsp3) is 0. The van der Waals surface area contributed by atoms with Gasteiger partial charge in [0.05, 0.1) is 0 Å². The van der Waals surface area contributed by atoms with E-state index >= 15 is 0 Å². The number of nitriles is 2. The van der Waals surface area contributed by atoms with Crippen molar-refractivity contribution in [2.24, 2.45) is 0 Å². The van der Waals surface area contributed by atoms with Crippen LogP contribution in [0.25, 0.3) is 17.0 Å². The number of allylic oxidation sites excluding steroid dienone is 1. The zero-order chi connectivity index (χ0) is 16.9. The van der Waals surface area contributed by atoms with E-state index in [4.69, 9.17) is 19.7 Å². The van der Waals surface area contributed by atoms with Gasteiger partial charge in [-0.05, 0) is 35.9 Å². The van der Waals surface area contributed by atoms with Crippen molar-refractivity contribution in [3.63, 3.8) is 0 Å². The molecule has 5 nitrogen and oxygen atoms in total. The molecule has 1 heterocycles. The van der Waals surface area contributed by atoms with Crippen LogP contribution in [0.5, 0.6) is 5.75 Å². The predicted octanol–water partition coefficient (Wildman–Crippen LogP) is 4.08. The lowest BCUT2D eigenvalue weighted by Crippen LogP contribution is -2.06. The van der Waals surface area contributed by atoms with Crippen LogP contribution >= 0.6 is 0 Å². The number of benzene rings is 2. The largest absolute Gasteiger partial charge is 0.449 e. The summed E-state index contributed by atoms with van der Waals surface area (Å²) in [6, 6.07) is 19.0.